The molecule has 0 aliphatic carbocycles. The van der Waals surface area contributed by atoms with Crippen LogP contribution in [-0.2, 0) is 0 Å². The van der Waals surface area contributed by atoms with Crippen LogP contribution in [0.4, 0.5) is 5.69 Å². The molecule has 112 valence electrons. The molecule has 22 heavy (non-hydrogen) atoms. The smallest absolute Gasteiger partial charge is 0.267 e. The van der Waals surface area contributed by atoms with Crippen molar-refractivity contribution in [3.8, 4) is 5.75 Å². The molecular formula is C16H11Cl2NO2S. The molecule has 0 unspecified atom stereocenters. The van der Waals surface area contributed by atoms with Crippen molar-refractivity contribution >= 4 is 56.2 Å². The summed E-state index contributed by atoms with van der Waals surface area (Å²) < 4.78 is 6.10. The minimum atomic E-state index is -0.285. The fourth-order valence-corrected chi connectivity index (χ4v) is 3.99. The van der Waals surface area contributed by atoms with Gasteiger partial charge in [0.25, 0.3) is 5.91 Å². The number of anilines is 1. The topological polar surface area (TPSA) is 38.3 Å². The van der Waals surface area contributed by atoms with Crippen molar-refractivity contribution in [1.82, 2.24) is 0 Å². The number of rotatable bonds is 3. The van der Waals surface area contributed by atoms with Crippen LogP contribution in [-0.4, -0.2) is 13.0 Å². The van der Waals surface area contributed by atoms with Crippen LogP contribution in [0, 0.1) is 0 Å². The zero-order valence-electron chi connectivity index (χ0n) is 11.5. The molecule has 0 bridgehead atoms. The second-order valence-electron chi connectivity index (χ2n) is 4.51. The zero-order chi connectivity index (χ0) is 15.7. The Kier molecular flexibility index (Phi) is 4.25. The van der Waals surface area contributed by atoms with E-state index >= 15 is 0 Å². The molecule has 3 nitrogen and oxygen atoms in total. The van der Waals surface area contributed by atoms with Crippen LogP contribution in [0.25, 0.3) is 10.1 Å². The van der Waals surface area contributed by atoms with E-state index in [2.05, 4.69) is 5.32 Å². The normalized spacial score (nSPS) is 10.7. The molecule has 1 amide bonds. The predicted molar refractivity (Wildman–Crippen MR) is 92.8 cm³/mol. The quantitative estimate of drug-likeness (QED) is 0.679. The van der Waals surface area contributed by atoms with Crippen LogP contribution in [0.15, 0.2) is 42.5 Å². The minimum absolute atomic E-state index is 0.285. The van der Waals surface area contributed by atoms with Crippen LogP contribution in [0.5, 0.6) is 5.75 Å². The average molecular weight is 352 g/mol. The van der Waals surface area contributed by atoms with Crippen molar-refractivity contribution in [2.45, 2.75) is 0 Å². The van der Waals surface area contributed by atoms with Gasteiger partial charge in [0.05, 0.1) is 22.8 Å². The summed E-state index contributed by atoms with van der Waals surface area (Å²) in [5, 5.41) is 4.44. The van der Waals surface area contributed by atoms with Gasteiger partial charge >= 0.3 is 0 Å². The van der Waals surface area contributed by atoms with E-state index in [0.717, 1.165) is 4.70 Å². The van der Waals surface area contributed by atoms with Crippen LogP contribution >= 0.6 is 34.5 Å². The van der Waals surface area contributed by atoms with E-state index in [1.54, 1.807) is 25.3 Å². The molecule has 0 fully saturated rings. The van der Waals surface area contributed by atoms with E-state index in [1.165, 1.54) is 11.3 Å². The number of benzene rings is 2. The van der Waals surface area contributed by atoms with Crippen molar-refractivity contribution in [3.05, 3.63) is 57.4 Å². The van der Waals surface area contributed by atoms with Gasteiger partial charge in [-0.3, -0.25) is 4.79 Å². The van der Waals surface area contributed by atoms with Gasteiger partial charge in [0.2, 0.25) is 0 Å². The fraction of sp³-hybridized carbons (Fsp3) is 0.0625. The van der Waals surface area contributed by atoms with Gasteiger partial charge in [0, 0.05) is 10.1 Å². The first kappa shape index (κ1) is 15.2. The highest BCUT2D eigenvalue weighted by Crippen LogP contribution is 2.39. The number of amides is 1. The molecule has 0 saturated carbocycles. The van der Waals surface area contributed by atoms with Gasteiger partial charge in [0.15, 0.2) is 0 Å². The third-order valence-corrected chi connectivity index (χ3v) is 5.13. The Balaban J connectivity index is 1.99. The first-order valence-electron chi connectivity index (χ1n) is 6.42. The summed E-state index contributed by atoms with van der Waals surface area (Å²) in [6.45, 7) is 0. The fourth-order valence-electron chi connectivity index (χ4n) is 2.14. The van der Waals surface area contributed by atoms with Gasteiger partial charge in [-0.05, 0) is 24.3 Å². The van der Waals surface area contributed by atoms with Crippen molar-refractivity contribution in [2.24, 2.45) is 0 Å². The first-order chi connectivity index (χ1) is 10.6. The number of methoxy groups -OCH3 is 1. The third-order valence-electron chi connectivity index (χ3n) is 3.17. The molecular weight excluding hydrogens is 341 g/mol. The largest absolute Gasteiger partial charge is 0.495 e. The van der Waals surface area contributed by atoms with E-state index in [4.69, 9.17) is 27.9 Å². The highest BCUT2D eigenvalue weighted by Gasteiger charge is 2.19. The Morgan fingerprint density at radius 2 is 1.91 bits per heavy atom. The highest BCUT2D eigenvalue weighted by molar-refractivity contribution is 7.21. The molecule has 0 aliphatic heterocycles. The second-order valence-corrected chi connectivity index (χ2v) is 6.35. The number of hydrogen-bond donors (Lipinski definition) is 1. The summed E-state index contributed by atoms with van der Waals surface area (Å²) in [5.74, 6) is 0.304. The van der Waals surface area contributed by atoms with Gasteiger partial charge in [-0.2, -0.15) is 0 Å². The average Bonchev–Trinajstić information content (AvgIpc) is 2.86. The second kappa shape index (κ2) is 6.16. The molecule has 0 atom stereocenters. The molecule has 2 aromatic carbocycles. The molecule has 0 radical (unpaired) electrons. The van der Waals surface area contributed by atoms with Gasteiger partial charge in [-0.1, -0.05) is 41.4 Å². The Morgan fingerprint density at radius 1 is 1.14 bits per heavy atom. The number of carbonyl (C=O) groups excluding carboxylic acids is 1. The molecule has 1 heterocycles. The lowest BCUT2D eigenvalue weighted by Gasteiger charge is -2.09. The van der Waals surface area contributed by atoms with Gasteiger partial charge in [-0.15, -0.1) is 11.3 Å². The van der Waals surface area contributed by atoms with Crippen LogP contribution in [0.1, 0.15) is 9.67 Å². The lowest BCUT2D eigenvalue weighted by Crippen LogP contribution is -2.11. The predicted octanol–water partition coefficient (Wildman–Crippen LogP) is 5.47. The van der Waals surface area contributed by atoms with E-state index in [9.17, 15) is 4.79 Å². The molecule has 6 heteroatoms. The molecule has 3 aromatic rings. The summed E-state index contributed by atoms with van der Waals surface area (Å²) in [4.78, 5) is 12.9. The van der Waals surface area contributed by atoms with Crippen molar-refractivity contribution in [3.63, 3.8) is 0 Å². The minimum Gasteiger partial charge on any atom is -0.495 e. The lowest BCUT2D eigenvalue weighted by molar-refractivity contribution is 0.103. The number of hydrogen-bond acceptors (Lipinski definition) is 3. The number of carbonyl (C=O) groups is 1. The van der Waals surface area contributed by atoms with Crippen LogP contribution in [0.3, 0.4) is 0 Å². The van der Waals surface area contributed by atoms with Gasteiger partial charge in [0.1, 0.15) is 10.6 Å². The number of nitrogens with one attached hydrogen (secondary N) is 1. The van der Waals surface area contributed by atoms with E-state index < -0.39 is 0 Å². The van der Waals surface area contributed by atoms with E-state index in [-0.39, 0.29) is 5.91 Å². The molecule has 1 N–H and O–H groups in total. The lowest BCUT2D eigenvalue weighted by atomic mass is 10.2. The summed E-state index contributed by atoms with van der Waals surface area (Å²) >= 11 is 13.8. The summed E-state index contributed by atoms with van der Waals surface area (Å²) in [5.41, 5.74) is 0.592. The number of halogens is 2. The molecule has 0 saturated heterocycles. The summed E-state index contributed by atoms with van der Waals surface area (Å²) in [6, 6.07) is 12.7. The number of ether oxygens (including phenoxy) is 1. The van der Waals surface area contributed by atoms with Gasteiger partial charge < -0.3 is 10.1 Å². The molecule has 0 spiro atoms. The molecule has 1 aromatic heterocycles. The maximum atomic E-state index is 12.5. The highest BCUT2D eigenvalue weighted by atomic mass is 35.5. The van der Waals surface area contributed by atoms with E-state index in [0.29, 0.717) is 31.7 Å². The molecule has 0 aliphatic rings. The number of fused-ring (bicyclic) bond motifs is 1. The van der Waals surface area contributed by atoms with Crippen LogP contribution in [0.2, 0.25) is 10.0 Å². The maximum absolute atomic E-state index is 12.5. The standard InChI is InChI=1S/C16H11Cl2NO2S/c1-21-11-7-3-2-6-10(11)19-16(20)15-14(18)13-9(17)5-4-8-12(13)22-15/h2-8H,1H3,(H,19,20). The van der Waals surface area contributed by atoms with Crippen molar-refractivity contribution in [1.29, 1.82) is 0 Å². The number of thiophene rings is 1. The Bertz CT molecular complexity index is 860. The van der Waals surface area contributed by atoms with Crippen LogP contribution < -0.4 is 10.1 Å². The summed E-state index contributed by atoms with van der Waals surface area (Å²) in [6.07, 6.45) is 0. The number of para-hydroxylation sites is 2. The van der Waals surface area contributed by atoms with Gasteiger partial charge in [-0.25, -0.2) is 0 Å². The third kappa shape index (κ3) is 2.65. The monoisotopic (exact) mass is 351 g/mol. The first-order valence-corrected chi connectivity index (χ1v) is 8.00. The van der Waals surface area contributed by atoms with Crippen molar-refractivity contribution in [2.75, 3.05) is 12.4 Å². The SMILES string of the molecule is COc1ccccc1NC(=O)c1sc2cccc(Cl)c2c1Cl. The maximum Gasteiger partial charge on any atom is 0.267 e. The summed E-state index contributed by atoms with van der Waals surface area (Å²) in [7, 11) is 1.55. The Labute approximate surface area is 141 Å². The Morgan fingerprint density at radius 3 is 2.64 bits per heavy atom. The Hall–Kier alpha value is -1.75. The van der Waals surface area contributed by atoms with Crippen molar-refractivity contribution < 1.29 is 9.53 Å². The van der Waals surface area contributed by atoms with E-state index in [1.807, 2.05) is 24.3 Å². The zero-order valence-corrected chi connectivity index (χ0v) is 13.9. The molecule has 3 rings (SSSR count).